The van der Waals surface area contributed by atoms with Gasteiger partial charge in [-0.3, -0.25) is 14.5 Å². The molecule has 0 radical (unpaired) electrons. The van der Waals surface area contributed by atoms with Gasteiger partial charge in [0.05, 0.1) is 0 Å². The Morgan fingerprint density at radius 2 is 1.04 bits per heavy atom. The molecular weight excluding hydrogens is 322 g/mol. The zero-order chi connectivity index (χ0) is 18.1. The van der Waals surface area contributed by atoms with Crippen LogP contribution in [0.4, 0.5) is 0 Å². The van der Waals surface area contributed by atoms with Gasteiger partial charge in [-0.25, -0.2) is 0 Å². The van der Waals surface area contributed by atoms with Crippen LogP contribution >= 0.6 is 0 Å². The lowest BCUT2D eigenvalue weighted by molar-refractivity contribution is -0.136. The van der Waals surface area contributed by atoms with Crippen molar-refractivity contribution in [1.29, 1.82) is 0 Å². The zero-order valence-corrected chi connectivity index (χ0v) is 14.6. The minimum absolute atomic E-state index is 0.188. The van der Waals surface area contributed by atoms with Gasteiger partial charge in [-0.05, 0) is 38.7 Å². The summed E-state index contributed by atoms with van der Waals surface area (Å²) in [5, 5.41) is 8.14. The molecule has 0 saturated carbocycles. The fraction of sp³-hybridized carbons (Fsp3) is 0.130. The van der Waals surface area contributed by atoms with E-state index < -0.39 is 0 Å². The van der Waals surface area contributed by atoms with Crippen LogP contribution in [0.2, 0.25) is 0 Å². The number of hydrogen-bond acceptors (Lipinski definition) is 2. The first-order valence-corrected chi connectivity index (χ1v) is 8.85. The molecule has 1 heterocycles. The van der Waals surface area contributed by atoms with Crippen molar-refractivity contribution in [3.05, 3.63) is 72.8 Å². The average Bonchev–Trinajstić information content (AvgIpc) is 2.99. The highest BCUT2D eigenvalue weighted by atomic mass is 16.2. The summed E-state index contributed by atoms with van der Waals surface area (Å²) in [5.74, 6) is -0.376. The number of amides is 2. The summed E-state index contributed by atoms with van der Waals surface area (Å²) in [6, 6.07) is 21.9. The number of carbonyl (C=O) groups is 2. The summed E-state index contributed by atoms with van der Waals surface area (Å²) < 4.78 is 0. The molecule has 5 rings (SSSR count). The minimum Gasteiger partial charge on any atom is -0.275 e. The first kappa shape index (κ1) is 16.3. The number of carbonyl (C=O) groups excluding carboxylic acids is 2. The largest absolute Gasteiger partial charge is 0.275 e. The van der Waals surface area contributed by atoms with E-state index in [1.54, 1.807) is 0 Å². The van der Waals surface area contributed by atoms with Gasteiger partial charge >= 0.3 is 0 Å². The van der Waals surface area contributed by atoms with Crippen LogP contribution in [0.5, 0.6) is 0 Å². The Morgan fingerprint density at radius 3 is 1.38 bits per heavy atom. The Morgan fingerprint density at radius 1 is 0.654 bits per heavy atom. The van der Waals surface area contributed by atoms with Crippen LogP contribution in [0.3, 0.4) is 0 Å². The predicted molar refractivity (Wildman–Crippen MR) is 106 cm³/mol. The summed E-state index contributed by atoms with van der Waals surface area (Å²) in [4.78, 5) is 22.8. The molecule has 3 heteroatoms. The standard InChI is InChI=1S/C16H10.C7H9NO2/c1-3-11-7-9-13-5-2-6-14-10-8-12(4-1)15(11)16(13)14;1-2-5-8-6(9)3-4-7(8)10/h1-10H;3-4H,2,5H2,1H3. The van der Waals surface area contributed by atoms with Gasteiger partial charge in [-0.2, -0.15) is 0 Å². The van der Waals surface area contributed by atoms with Gasteiger partial charge in [0.1, 0.15) is 0 Å². The molecule has 4 aromatic carbocycles. The number of nitrogens with zero attached hydrogens (tertiary/aromatic N) is 1. The van der Waals surface area contributed by atoms with Crippen molar-refractivity contribution in [3.8, 4) is 0 Å². The van der Waals surface area contributed by atoms with E-state index >= 15 is 0 Å². The van der Waals surface area contributed by atoms with Crippen molar-refractivity contribution in [2.45, 2.75) is 13.3 Å². The van der Waals surface area contributed by atoms with Crippen molar-refractivity contribution in [2.24, 2.45) is 0 Å². The van der Waals surface area contributed by atoms with E-state index in [2.05, 4.69) is 60.7 Å². The van der Waals surface area contributed by atoms with Gasteiger partial charge in [0.25, 0.3) is 11.8 Å². The highest BCUT2D eigenvalue weighted by Gasteiger charge is 2.21. The Bertz CT molecular complexity index is 995. The Balaban J connectivity index is 0.000000146. The second-order valence-electron chi connectivity index (χ2n) is 6.45. The maximum absolute atomic E-state index is 10.8. The molecule has 0 saturated heterocycles. The number of benzene rings is 4. The summed E-state index contributed by atoms with van der Waals surface area (Å²) in [5.41, 5.74) is 0. The predicted octanol–water partition coefficient (Wildman–Crippen LogP) is 4.91. The lowest BCUT2D eigenvalue weighted by Crippen LogP contribution is -2.30. The highest BCUT2D eigenvalue weighted by Crippen LogP contribution is 2.33. The molecule has 1 aliphatic heterocycles. The van der Waals surface area contributed by atoms with E-state index in [4.69, 9.17) is 0 Å². The molecule has 0 atom stereocenters. The molecule has 2 amide bonds. The van der Waals surface area contributed by atoms with E-state index in [-0.39, 0.29) is 11.8 Å². The van der Waals surface area contributed by atoms with Crippen molar-refractivity contribution in [1.82, 2.24) is 4.90 Å². The van der Waals surface area contributed by atoms with E-state index in [1.807, 2.05) is 6.92 Å². The third-order valence-electron chi connectivity index (χ3n) is 4.74. The molecule has 0 spiro atoms. The minimum atomic E-state index is -0.188. The van der Waals surface area contributed by atoms with E-state index in [1.165, 1.54) is 49.4 Å². The SMILES string of the molecule is CCCN1C(=O)C=CC1=O.c1cc2ccc3cccc4ccc(c1)c2c34. The zero-order valence-electron chi connectivity index (χ0n) is 14.6. The third-order valence-corrected chi connectivity index (χ3v) is 4.74. The smallest absolute Gasteiger partial charge is 0.253 e. The van der Waals surface area contributed by atoms with Gasteiger partial charge in [0, 0.05) is 18.7 Å². The summed E-state index contributed by atoms with van der Waals surface area (Å²) in [7, 11) is 0. The summed E-state index contributed by atoms with van der Waals surface area (Å²) in [6.07, 6.45) is 3.43. The molecule has 0 unspecified atom stereocenters. The van der Waals surface area contributed by atoms with E-state index in [0.29, 0.717) is 6.54 Å². The van der Waals surface area contributed by atoms with E-state index in [0.717, 1.165) is 6.42 Å². The Kier molecular flexibility index (Phi) is 4.13. The monoisotopic (exact) mass is 341 g/mol. The number of imide groups is 1. The molecular formula is C23H19NO2. The van der Waals surface area contributed by atoms with Crippen molar-refractivity contribution in [2.75, 3.05) is 6.54 Å². The molecule has 128 valence electrons. The number of hydrogen-bond donors (Lipinski definition) is 0. The van der Waals surface area contributed by atoms with Crippen molar-refractivity contribution in [3.63, 3.8) is 0 Å². The number of rotatable bonds is 2. The highest BCUT2D eigenvalue weighted by molar-refractivity contribution is 6.22. The maximum atomic E-state index is 10.8. The lowest BCUT2D eigenvalue weighted by Gasteiger charge is -2.10. The Labute approximate surface area is 151 Å². The normalized spacial score (nSPS) is 13.8. The molecule has 0 aliphatic carbocycles. The fourth-order valence-corrected chi connectivity index (χ4v) is 3.54. The second-order valence-corrected chi connectivity index (χ2v) is 6.45. The molecule has 4 aromatic rings. The molecule has 0 bridgehead atoms. The van der Waals surface area contributed by atoms with Crippen LogP contribution in [0.15, 0.2) is 72.8 Å². The second kappa shape index (κ2) is 6.60. The fourth-order valence-electron chi connectivity index (χ4n) is 3.54. The van der Waals surface area contributed by atoms with E-state index in [9.17, 15) is 9.59 Å². The van der Waals surface area contributed by atoms with Crippen molar-refractivity contribution < 1.29 is 9.59 Å². The summed E-state index contributed by atoms with van der Waals surface area (Å²) in [6.45, 7) is 2.46. The lowest BCUT2D eigenvalue weighted by atomic mass is 9.95. The third kappa shape index (κ3) is 2.72. The quantitative estimate of drug-likeness (QED) is 0.384. The van der Waals surface area contributed by atoms with Crippen LogP contribution in [0.1, 0.15) is 13.3 Å². The van der Waals surface area contributed by atoms with Gasteiger partial charge < -0.3 is 0 Å². The van der Waals surface area contributed by atoms with Crippen molar-refractivity contribution >= 4 is 44.1 Å². The van der Waals surface area contributed by atoms with Gasteiger partial charge in [0.2, 0.25) is 0 Å². The van der Waals surface area contributed by atoms with Gasteiger partial charge in [-0.15, -0.1) is 0 Å². The Hall–Kier alpha value is -3.20. The first-order valence-electron chi connectivity index (χ1n) is 8.85. The van der Waals surface area contributed by atoms with Crippen LogP contribution in [-0.2, 0) is 9.59 Å². The topological polar surface area (TPSA) is 37.4 Å². The van der Waals surface area contributed by atoms with Gasteiger partial charge in [0.15, 0.2) is 0 Å². The molecule has 26 heavy (non-hydrogen) atoms. The molecule has 0 N–H and O–H groups in total. The molecule has 0 aromatic heterocycles. The average molecular weight is 341 g/mol. The molecule has 0 fully saturated rings. The van der Waals surface area contributed by atoms with Crippen LogP contribution in [0.25, 0.3) is 32.3 Å². The van der Waals surface area contributed by atoms with Gasteiger partial charge in [-0.1, -0.05) is 67.6 Å². The molecule has 1 aliphatic rings. The van der Waals surface area contributed by atoms with Crippen LogP contribution in [-0.4, -0.2) is 23.3 Å². The van der Waals surface area contributed by atoms with Crippen LogP contribution in [0, 0.1) is 0 Å². The van der Waals surface area contributed by atoms with Crippen LogP contribution < -0.4 is 0 Å². The first-order chi connectivity index (χ1) is 12.7. The summed E-state index contributed by atoms with van der Waals surface area (Å²) >= 11 is 0. The maximum Gasteiger partial charge on any atom is 0.253 e. The molecule has 3 nitrogen and oxygen atoms in total.